The number of hydrogen-bond acceptors (Lipinski definition) is 7. The van der Waals surface area contributed by atoms with Crippen LogP contribution in [0.25, 0.3) is 0 Å². The molecule has 1 aromatic carbocycles. The number of ether oxygens (including phenoxy) is 1. The first kappa shape index (κ1) is 16.5. The number of amides is 2. The van der Waals surface area contributed by atoms with Crippen molar-refractivity contribution in [3.05, 3.63) is 41.7 Å². The summed E-state index contributed by atoms with van der Waals surface area (Å²) in [6.07, 6.45) is 2.26. The molecule has 2 aromatic rings. The normalized spacial score (nSPS) is 20.3. The van der Waals surface area contributed by atoms with E-state index in [9.17, 15) is 14.9 Å². The standard InChI is InChI=1S/C17H15N5O3S/c18-10-17(5-6-17)11-1-3-12(4-2-11)22-9-13(25-16(22)24)7-19-15(23)14-8-20-26-21-14/h1-4,8,13H,5-7,9H2,(H,19,23). The lowest BCUT2D eigenvalue weighted by Crippen LogP contribution is -2.34. The Morgan fingerprint density at radius 1 is 1.42 bits per heavy atom. The van der Waals surface area contributed by atoms with Crippen LogP contribution in [-0.2, 0) is 10.2 Å². The van der Waals surface area contributed by atoms with Gasteiger partial charge in [0.05, 0.1) is 42.5 Å². The number of anilines is 1. The average Bonchev–Trinajstić information content (AvgIpc) is 3.09. The number of carbonyl (C=O) groups is 2. The highest BCUT2D eigenvalue weighted by atomic mass is 32.1. The van der Waals surface area contributed by atoms with E-state index in [0.29, 0.717) is 12.2 Å². The fraction of sp³-hybridized carbons (Fsp3) is 0.353. The molecule has 1 aromatic heterocycles. The molecule has 0 bridgehead atoms. The molecular weight excluding hydrogens is 354 g/mol. The van der Waals surface area contributed by atoms with Gasteiger partial charge in [-0.1, -0.05) is 12.1 Å². The van der Waals surface area contributed by atoms with Gasteiger partial charge < -0.3 is 10.1 Å². The van der Waals surface area contributed by atoms with Gasteiger partial charge in [0.2, 0.25) is 0 Å². The lowest BCUT2D eigenvalue weighted by Gasteiger charge is -2.14. The number of nitriles is 1. The maximum Gasteiger partial charge on any atom is 0.414 e. The van der Waals surface area contributed by atoms with Crippen LogP contribution in [0, 0.1) is 11.3 Å². The maximum atomic E-state index is 12.1. The Bertz CT molecular complexity index is 871. The minimum Gasteiger partial charge on any atom is -0.442 e. The first-order valence-electron chi connectivity index (χ1n) is 8.17. The van der Waals surface area contributed by atoms with Gasteiger partial charge in [-0.25, -0.2) is 4.79 Å². The van der Waals surface area contributed by atoms with Crippen molar-refractivity contribution in [2.24, 2.45) is 0 Å². The number of nitrogens with zero attached hydrogens (tertiary/aromatic N) is 4. The van der Waals surface area contributed by atoms with Crippen LogP contribution in [-0.4, -0.2) is 39.9 Å². The topological polar surface area (TPSA) is 108 Å². The van der Waals surface area contributed by atoms with Gasteiger partial charge in [-0.15, -0.1) is 0 Å². The van der Waals surface area contributed by atoms with Crippen molar-refractivity contribution in [1.82, 2.24) is 14.1 Å². The Morgan fingerprint density at radius 2 is 2.19 bits per heavy atom. The summed E-state index contributed by atoms with van der Waals surface area (Å²) >= 11 is 0.958. The van der Waals surface area contributed by atoms with E-state index >= 15 is 0 Å². The summed E-state index contributed by atoms with van der Waals surface area (Å²) in [4.78, 5) is 25.5. The lowest BCUT2D eigenvalue weighted by molar-refractivity contribution is 0.0912. The molecule has 2 aliphatic rings. The molecule has 2 amide bonds. The number of benzene rings is 1. The van der Waals surface area contributed by atoms with Gasteiger partial charge in [0, 0.05) is 5.69 Å². The molecule has 0 radical (unpaired) electrons. The average molecular weight is 369 g/mol. The van der Waals surface area contributed by atoms with E-state index < -0.39 is 12.2 Å². The molecule has 132 valence electrons. The summed E-state index contributed by atoms with van der Waals surface area (Å²) in [5, 5.41) is 12.0. The zero-order valence-electron chi connectivity index (χ0n) is 13.7. The van der Waals surface area contributed by atoms with E-state index in [-0.39, 0.29) is 23.6 Å². The second-order valence-corrected chi connectivity index (χ2v) is 6.92. The van der Waals surface area contributed by atoms with Crippen molar-refractivity contribution in [3.63, 3.8) is 0 Å². The largest absolute Gasteiger partial charge is 0.442 e. The molecule has 2 heterocycles. The van der Waals surface area contributed by atoms with Gasteiger partial charge >= 0.3 is 6.09 Å². The monoisotopic (exact) mass is 369 g/mol. The van der Waals surface area contributed by atoms with Crippen molar-refractivity contribution in [1.29, 1.82) is 5.26 Å². The van der Waals surface area contributed by atoms with Crippen LogP contribution in [0.4, 0.5) is 10.5 Å². The predicted molar refractivity (Wildman–Crippen MR) is 92.8 cm³/mol. The van der Waals surface area contributed by atoms with Gasteiger partial charge in [-0.2, -0.15) is 14.0 Å². The Kier molecular flexibility index (Phi) is 4.05. The van der Waals surface area contributed by atoms with Crippen LogP contribution in [0.1, 0.15) is 28.9 Å². The molecule has 1 N–H and O–H groups in total. The molecule has 1 unspecified atom stereocenters. The second kappa shape index (κ2) is 6.38. The molecule has 1 saturated carbocycles. The summed E-state index contributed by atoms with van der Waals surface area (Å²) in [5.74, 6) is -0.344. The first-order valence-corrected chi connectivity index (χ1v) is 8.90. The van der Waals surface area contributed by atoms with E-state index in [2.05, 4.69) is 20.1 Å². The number of cyclic esters (lactones) is 1. The van der Waals surface area contributed by atoms with E-state index in [4.69, 9.17) is 4.74 Å². The van der Waals surface area contributed by atoms with Gasteiger partial charge in [0.25, 0.3) is 5.91 Å². The number of hydrogen-bond donors (Lipinski definition) is 1. The van der Waals surface area contributed by atoms with Crippen LogP contribution >= 0.6 is 11.7 Å². The third-order valence-corrected chi connectivity index (χ3v) is 5.13. The number of carbonyl (C=O) groups excluding carboxylic acids is 2. The Labute approximate surface area is 153 Å². The van der Waals surface area contributed by atoms with Crippen molar-refractivity contribution >= 4 is 29.4 Å². The van der Waals surface area contributed by atoms with Crippen LogP contribution < -0.4 is 10.2 Å². The predicted octanol–water partition coefficient (Wildman–Crippen LogP) is 1.85. The van der Waals surface area contributed by atoms with Crippen molar-refractivity contribution < 1.29 is 14.3 Å². The zero-order chi connectivity index (χ0) is 18.1. The number of rotatable bonds is 5. The fourth-order valence-electron chi connectivity index (χ4n) is 2.95. The summed E-state index contributed by atoms with van der Waals surface area (Å²) in [5.41, 5.74) is 1.60. The quantitative estimate of drug-likeness (QED) is 0.862. The SMILES string of the molecule is N#CC1(c2ccc(N3CC(CNC(=O)c4cnsn4)OC3=O)cc2)CC1. The first-order chi connectivity index (χ1) is 12.6. The smallest absolute Gasteiger partial charge is 0.414 e. The van der Waals surface area contributed by atoms with E-state index in [1.165, 1.54) is 11.1 Å². The summed E-state index contributed by atoms with van der Waals surface area (Å²) in [7, 11) is 0. The van der Waals surface area contributed by atoms with Crippen LogP contribution in [0.15, 0.2) is 30.5 Å². The van der Waals surface area contributed by atoms with E-state index in [1.807, 2.05) is 24.3 Å². The molecule has 2 fully saturated rings. The van der Waals surface area contributed by atoms with Crippen LogP contribution in [0.3, 0.4) is 0 Å². The minimum absolute atomic E-state index is 0.203. The zero-order valence-corrected chi connectivity index (χ0v) is 14.5. The molecule has 26 heavy (non-hydrogen) atoms. The van der Waals surface area contributed by atoms with Crippen LogP contribution in [0.2, 0.25) is 0 Å². The second-order valence-electron chi connectivity index (χ2n) is 6.36. The summed E-state index contributed by atoms with van der Waals surface area (Å²) in [6.45, 7) is 0.547. The highest BCUT2D eigenvalue weighted by Gasteiger charge is 2.45. The van der Waals surface area contributed by atoms with Crippen LogP contribution in [0.5, 0.6) is 0 Å². The van der Waals surface area contributed by atoms with Crippen molar-refractivity contribution in [2.45, 2.75) is 24.4 Å². The Hall–Kier alpha value is -2.99. The van der Waals surface area contributed by atoms with Crippen molar-refractivity contribution in [2.75, 3.05) is 18.0 Å². The summed E-state index contributed by atoms with van der Waals surface area (Å²) in [6, 6.07) is 9.80. The molecule has 1 saturated heterocycles. The van der Waals surface area contributed by atoms with Crippen molar-refractivity contribution in [3.8, 4) is 6.07 Å². The van der Waals surface area contributed by atoms with E-state index in [0.717, 1.165) is 30.1 Å². The van der Waals surface area contributed by atoms with Gasteiger partial charge in [-0.05, 0) is 30.5 Å². The molecule has 9 heteroatoms. The molecule has 1 aliphatic heterocycles. The van der Waals surface area contributed by atoms with Gasteiger partial charge in [0.1, 0.15) is 6.10 Å². The Balaban J connectivity index is 1.37. The maximum absolute atomic E-state index is 12.1. The highest BCUT2D eigenvalue weighted by Crippen LogP contribution is 2.47. The number of nitrogens with one attached hydrogen (secondary N) is 1. The summed E-state index contributed by atoms with van der Waals surface area (Å²) < 4.78 is 12.9. The molecule has 1 aliphatic carbocycles. The van der Waals surface area contributed by atoms with E-state index in [1.54, 1.807) is 0 Å². The van der Waals surface area contributed by atoms with Gasteiger partial charge in [0.15, 0.2) is 5.69 Å². The highest BCUT2D eigenvalue weighted by molar-refractivity contribution is 6.99. The van der Waals surface area contributed by atoms with Gasteiger partial charge in [-0.3, -0.25) is 9.69 Å². The molecular formula is C17H15N5O3S. The molecule has 1 atom stereocenters. The third kappa shape index (κ3) is 2.99. The lowest BCUT2D eigenvalue weighted by atomic mass is 9.97. The number of aromatic nitrogens is 2. The fourth-order valence-corrected chi connectivity index (χ4v) is 3.36. The molecule has 4 rings (SSSR count). The third-order valence-electron chi connectivity index (χ3n) is 4.65. The minimum atomic E-state index is -0.450. The molecule has 0 spiro atoms. The Morgan fingerprint density at radius 3 is 2.81 bits per heavy atom. The molecule has 8 nitrogen and oxygen atoms in total.